The van der Waals surface area contributed by atoms with Gasteiger partial charge in [-0.2, -0.15) is 0 Å². The third-order valence-corrected chi connectivity index (χ3v) is 3.05. The Morgan fingerprint density at radius 3 is 2.31 bits per heavy atom. The molecule has 16 heavy (non-hydrogen) atoms. The lowest BCUT2D eigenvalue weighted by Crippen LogP contribution is -2.41. The van der Waals surface area contributed by atoms with Crippen molar-refractivity contribution in [1.82, 2.24) is 0 Å². The second-order valence-electron chi connectivity index (χ2n) is 3.95. The molecule has 0 spiro atoms. The van der Waals surface area contributed by atoms with Crippen LogP contribution in [0.2, 0.25) is 5.02 Å². The molecule has 1 rings (SSSR count). The molecule has 1 aromatic rings. The minimum Gasteiger partial charge on any atom is -0.392 e. The smallest absolute Gasteiger partial charge is 0.236 e. The maximum atomic E-state index is 11.8. The van der Waals surface area contributed by atoms with Crippen LogP contribution in [-0.4, -0.2) is 10.9 Å². The fraction of sp³-hybridized carbons (Fsp3) is 0.273. The van der Waals surface area contributed by atoms with E-state index in [4.69, 9.17) is 29.6 Å². The number of halogens is 1. The summed E-state index contributed by atoms with van der Waals surface area (Å²) in [5.74, 6) is -0.234. The zero-order valence-electron chi connectivity index (χ0n) is 9.08. The predicted octanol–water partition coefficient (Wildman–Crippen LogP) is 2.59. The summed E-state index contributed by atoms with van der Waals surface area (Å²) in [6, 6.07) is 6.83. The second-order valence-corrected chi connectivity index (χ2v) is 4.83. The molecule has 0 fully saturated rings. The van der Waals surface area contributed by atoms with E-state index in [1.54, 1.807) is 38.1 Å². The van der Waals surface area contributed by atoms with Gasteiger partial charge in [0.2, 0.25) is 5.91 Å². The number of carbonyl (C=O) groups excluding carboxylic acids is 1. The number of hydrogen-bond donors (Lipinski definition) is 2. The van der Waals surface area contributed by atoms with Crippen LogP contribution < -0.4 is 11.1 Å². The molecule has 0 unspecified atom stereocenters. The van der Waals surface area contributed by atoms with Gasteiger partial charge in [0.25, 0.3) is 0 Å². The van der Waals surface area contributed by atoms with Gasteiger partial charge in [0.05, 0.1) is 10.4 Å². The standard InChI is InChI=1S/C11H13ClN2OS/c1-11(2,9(13)16)10(15)14-8-5-3-7(12)4-6-8/h3-6H,1-2H3,(H2,13,16)(H,14,15). The van der Waals surface area contributed by atoms with Gasteiger partial charge in [-0.05, 0) is 38.1 Å². The number of nitrogens with one attached hydrogen (secondary N) is 1. The average Bonchev–Trinajstić information content (AvgIpc) is 2.21. The van der Waals surface area contributed by atoms with Gasteiger partial charge >= 0.3 is 0 Å². The van der Waals surface area contributed by atoms with Crippen molar-refractivity contribution in [3.63, 3.8) is 0 Å². The molecule has 0 aromatic heterocycles. The van der Waals surface area contributed by atoms with Crippen LogP contribution >= 0.6 is 23.8 Å². The predicted molar refractivity (Wildman–Crippen MR) is 70.6 cm³/mol. The van der Waals surface area contributed by atoms with Crippen LogP contribution in [0.4, 0.5) is 5.69 Å². The molecule has 1 aromatic carbocycles. The first-order valence-electron chi connectivity index (χ1n) is 4.71. The highest BCUT2D eigenvalue weighted by atomic mass is 35.5. The molecule has 3 N–H and O–H groups in total. The normalized spacial score (nSPS) is 10.9. The first-order valence-corrected chi connectivity index (χ1v) is 5.49. The number of nitrogens with two attached hydrogens (primary N) is 1. The lowest BCUT2D eigenvalue weighted by molar-refractivity contribution is -0.121. The van der Waals surface area contributed by atoms with E-state index in [1.807, 2.05) is 0 Å². The molecule has 0 atom stereocenters. The zero-order chi connectivity index (χ0) is 12.3. The highest BCUT2D eigenvalue weighted by Gasteiger charge is 2.30. The van der Waals surface area contributed by atoms with E-state index in [0.29, 0.717) is 10.7 Å². The van der Waals surface area contributed by atoms with Crippen molar-refractivity contribution in [2.75, 3.05) is 5.32 Å². The minimum absolute atomic E-state index is 0.166. The van der Waals surface area contributed by atoms with E-state index in [2.05, 4.69) is 5.32 Å². The number of carbonyl (C=O) groups is 1. The first-order chi connectivity index (χ1) is 7.34. The first kappa shape index (κ1) is 12.9. The Balaban J connectivity index is 2.79. The summed E-state index contributed by atoms with van der Waals surface area (Å²) < 4.78 is 0. The Morgan fingerprint density at radius 1 is 1.38 bits per heavy atom. The molecule has 0 heterocycles. The van der Waals surface area contributed by atoms with Crippen LogP contribution in [0.1, 0.15) is 13.8 Å². The molecule has 1 amide bonds. The van der Waals surface area contributed by atoms with Crippen LogP contribution in [0.5, 0.6) is 0 Å². The summed E-state index contributed by atoms with van der Waals surface area (Å²) in [5, 5.41) is 3.34. The van der Waals surface area contributed by atoms with Gasteiger partial charge in [0, 0.05) is 10.7 Å². The van der Waals surface area contributed by atoms with Gasteiger partial charge in [-0.1, -0.05) is 23.8 Å². The topological polar surface area (TPSA) is 55.1 Å². The molecule has 3 nitrogen and oxygen atoms in total. The summed E-state index contributed by atoms with van der Waals surface area (Å²) in [6.45, 7) is 3.36. The lowest BCUT2D eigenvalue weighted by Gasteiger charge is -2.21. The second kappa shape index (κ2) is 4.80. The Bertz CT molecular complexity index is 414. The lowest BCUT2D eigenvalue weighted by atomic mass is 9.92. The number of anilines is 1. The number of benzene rings is 1. The van der Waals surface area contributed by atoms with Crippen molar-refractivity contribution in [3.8, 4) is 0 Å². The van der Waals surface area contributed by atoms with Gasteiger partial charge in [-0.15, -0.1) is 0 Å². The third kappa shape index (κ3) is 2.93. The number of hydrogen-bond acceptors (Lipinski definition) is 2. The summed E-state index contributed by atoms with van der Waals surface area (Å²) in [5.41, 5.74) is 5.30. The number of rotatable bonds is 3. The Labute approximate surface area is 105 Å². The number of thiocarbonyl (C=S) groups is 1. The third-order valence-electron chi connectivity index (χ3n) is 2.29. The summed E-state index contributed by atoms with van der Waals surface area (Å²) >= 11 is 10.6. The number of amides is 1. The van der Waals surface area contributed by atoms with Crippen molar-refractivity contribution >= 4 is 40.4 Å². The van der Waals surface area contributed by atoms with Gasteiger partial charge in [0.15, 0.2) is 0 Å². The average molecular weight is 257 g/mol. The maximum absolute atomic E-state index is 11.8. The Morgan fingerprint density at radius 2 is 1.88 bits per heavy atom. The highest BCUT2D eigenvalue weighted by molar-refractivity contribution is 7.80. The van der Waals surface area contributed by atoms with E-state index in [9.17, 15) is 4.79 Å². The monoisotopic (exact) mass is 256 g/mol. The molecule has 0 aliphatic heterocycles. The van der Waals surface area contributed by atoms with E-state index in [-0.39, 0.29) is 10.9 Å². The molecule has 0 bridgehead atoms. The van der Waals surface area contributed by atoms with Crippen LogP contribution in [0, 0.1) is 5.41 Å². The van der Waals surface area contributed by atoms with E-state index < -0.39 is 5.41 Å². The molecular formula is C11H13ClN2OS. The van der Waals surface area contributed by atoms with E-state index >= 15 is 0 Å². The van der Waals surface area contributed by atoms with Crippen LogP contribution in [-0.2, 0) is 4.79 Å². The molecule has 0 aliphatic carbocycles. The fourth-order valence-corrected chi connectivity index (χ4v) is 1.15. The largest absolute Gasteiger partial charge is 0.392 e. The Hall–Kier alpha value is -1.13. The molecule has 0 radical (unpaired) electrons. The van der Waals surface area contributed by atoms with Gasteiger partial charge in [-0.25, -0.2) is 0 Å². The molecule has 0 saturated heterocycles. The highest BCUT2D eigenvalue weighted by Crippen LogP contribution is 2.20. The quantitative estimate of drug-likeness (QED) is 0.818. The summed E-state index contributed by atoms with van der Waals surface area (Å²) in [4.78, 5) is 12.0. The zero-order valence-corrected chi connectivity index (χ0v) is 10.7. The van der Waals surface area contributed by atoms with Crippen LogP contribution in [0.25, 0.3) is 0 Å². The van der Waals surface area contributed by atoms with Crippen molar-refractivity contribution in [1.29, 1.82) is 0 Å². The molecule has 86 valence electrons. The van der Waals surface area contributed by atoms with Gasteiger partial charge < -0.3 is 11.1 Å². The van der Waals surface area contributed by atoms with Gasteiger partial charge in [-0.3, -0.25) is 4.79 Å². The maximum Gasteiger partial charge on any atom is 0.236 e. The van der Waals surface area contributed by atoms with E-state index in [1.165, 1.54) is 0 Å². The van der Waals surface area contributed by atoms with Gasteiger partial charge in [0.1, 0.15) is 0 Å². The van der Waals surface area contributed by atoms with E-state index in [0.717, 1.165) is 0 Å². The summed E-state index contributed by atoms with van der Waals surface area (Å²) in [6.07, 6.45) is 0. The minimum atomic E-state index is -0.866. The van der Waals surface area contributed by atoms with Crippen LogP contribution in [0.15, 0.2) is 24.3 Å². The molecular weight excluding hydrogens is 244 g/mol. The fourth-order valence-electron chi connectivity index (χ4n) is 0.932. The Kier molecular flexibility index (Phi) is 3.88. The molecule has 0 saturated carbocycles. The van der Waals surface area contributed by atoms with Crippen molar-refractivity contribution in [2.45, 2.75) is 13.8 Å². The molecule has 5 heteroatoms. The van der Waals surface area contributed by atoms with Crippen molar-refractivity contribution < 1.29 is 4.79 Å². The SMILES string of the molecule is CC(C)(C(=O)Nc1ccc(Cl)cc1)C(N)=S. The molecule has 0 aliphatic rings. The van der Waals surface area contributed by atoms with Crippen molar-refractivity contribution in [2.24, 2.45) is 11.1 Å². The van der Waals surface area contributed by atoms with Crippen molar-refractivity contribution in [3.05, 3.63) is 29.3 Å². The summed E-state index contributed by atoms with van der Waals surface area (Å²) in [7, 11) is 0. The van der Waals surface area contributed by atoms with Crippen LogP contribution in [0.3, 0.4) is 0 Å².